The lowest BCUT2D eigenvalue weighted by Crippen LogP contribution is -2.46. The minimum absolute atomic E-state index is 0.160. The molecule has 0 saturated carbocycles. The van der Waals surface area contributed by atoms with Gasteiger partial charge in [-0.2, -0.15) is 0 Å². The third kappa shape index (κ3) is 6.84. The zero-order valence-corrected chi connectivity index (χ0v) is 27.7. The van der Waals surface area contributed by atoms with Crippen LogP contribution in [-0.2, 0) is 14.2 Å². The molecule has 2 saturated heterocycles. The number of hydrogen-bond acceptors (Lipinski definition) is 6. The zero-order valence-electron chi connectivity index (χ0n) is 27.7. The number of phenols is 1. The van der Waals surface area contributed by atoms with Gasteiger partial charge in [0.1, 0.15) is 5.75 Å². The fraction of sp³-hybridized carbons (Fsp3) is 0.268. The number of allylic oxidation sites excluding steroid dienone is 2. The van der Waals surface area contributed by atoms with E-state index in [2.05, 4.69) is 30.4 Å². The molecular formula is C41H41BN2O5. The predicted molar refractivity (Wildman–Crippen MR) is 195 cm³/mol. The van der Waals surface area contributed by atoms with Gasteiger partial charge in [0.15, 0.2) is 0 Å². The minimum Gasteiger partial charge on any atom is -0.508 e. The number of benzene rings is 4. The normalized spacial score (nSPS) is 22.3. The monoisotopic (exact) mass is 652 g/mol. The van der Waals surface area contributed by atoms with E-state index in [0.29, 0.717) is 31.3 Å². The van der Waals surface area contributed by atoms with E-state index in [9.17, 15) is 19.7 Å². The first-order valence-corrected chi connectivity index (χ1v) is 17.3. The SMILES string of the molecule is CCCC1=C2[C@@H](CC/C(=C/c3ccc(O)cc3)c3ccccc3)OB(O)C[C@@H]2[C@@H]2C(=O)N(c3ccc(Nc4ccccc4)cc3)C(=O)[C@@H]2C1. The summed E-state index contributed by atoms with van der Waals surface area (Å²) >= 11 is 0. The van der Waals surface area contributed by atoms with Crippen molar-refractivity contribution >= 4 is 47.6 Å². The molecule has 0 aromatic heterocycles. The van der Waals surface area contributed by atoms with Gasteiger partial charge in [-0.15, -0.1) is 0 Å². The van der Waals surface area contributed by atoms with Crippen LogP contribution in [-0.4, -0.2) is 35.2 Å². The quantitative estimate of drug-likeness (QED) is 0.0691. The third-order valence-electron chi connectivity index (χ3n) is 10.1. The molecule has 0 radical (unpaired) electrons. The lowest BCUT2D eigenvalue weighted by Gasteiger charge is -2.43. The Hall–Kier alpha value is -4.92. The third-order valence-corrected chi connectivity index (χ3v) is 10.1. The number of carbonyl (C=O) groups excluding carboxylic acids is 2. The van der Waals surface area contributed by atoms with E-state index in [-0.39, 0.29) is 29.6 Å². The molecule has 2 aliphatic heterocycles. The molecule has 4 aromatic carbocycles. The minimum atomic E-state index is -1.03. The molecule has 8 heteroatoms. The number of amides is 2. The number of phenolic OH excluding ortho intramolecular Hbond substituents is 1. The number of nitrogens with zero attached hydrogens (tertiary/aromatic N) is 1. The Morgan fingerprint density at radius 2 is 1.55 bits per heavy atom. The smallest absolute Gasteiger partial charge is 0.455 e. The Labute approximate surface area is 288 Å². The highest BCUT2D eigenvalue weighted by Crippen LogP contribution is 2.52. The lowest BCUT2D eigenvalue weighted by atomic mass is 9.58. The van der Waals surface area contributed by atoms with Crippen LogP contribution in [0.2, 0.25) is 6.32 Å². The number of fused-ring (bicyclic) bond motifs is 3. The van der Waals surface area contributed by atoms with Gasteiger partial charge in [-0.1, -0.05) is 85.7 Å². The van der Waals surface area contributed by atoms with Gasteiger partial charge in [0.25, 0.3) is 0 Å². The molecule has 2 heterocycles. The van der Waals surface area contributed by atoms with Crippen molar-refractivity contribution in [3.05, 3.63) is 131 Å². The summed E-state index contributed by atoms with van der Waals surface area (Å²) < 4.78 is 6.29. The van der Waals surface area contributed by atoms with Crippen molar-refractivity contribution in [2.75, 3.05) is 10.2 Å². The van der Waals surface area contributed by atoms with Crippen molar-refractivity contribution in [2.24, 2.45) is 17.8 Å². The van der Waals surface area contributed by atoms with E-state index < -0.39 is 19.0 Å². The maximum absolute atomic E-state index is 14.3. The number of imide groups is 1. The number of aromatic hydroxyl groups is 1. The van der Waals surface area contributed by atoms with Gasteiger partial charge >= 0.3 is 7.12 Å². The van der Waals surface area contributed by atoms with Gasteiger partial charge in [0, 0.05) is 11.4 Å². The van der Waals surface area contributed by atoms with Gasteiger partial charge in [0.2, 0.25) is 11.8 Å². The fourth-order valence-electron chi connectivity index (χ4n) is 7.95. The van der Waals surface area contributed by atoms with E-state index in [0.717, 1.165) is 46.5 Å². The molecule has 2 fully saturated rings. The summed E-state index contributed by atoms with van der Waals surface area (Å²) in [7, 11) is -1.03. The Kier molecular flexibility index (Phi) is 9.51. The summed E-state index contributed by atoms with van der Waals surface area (Å²) in [6, 6.07) is 34.6. The molecule has 7 nitrogen and oxygen atoms in total. The Morgan fingerprint density at radius 3 is 2.24 bits per heavy atom. The molecule has 3 aliphatic rings. The molecule has 7 rings (SSSR count). The van der Waals surface area contributed by atoms with Gasteiger partial charge in [-0.25, -0.2) is 0 Å². The van der Waals surface area contributed by atoms with Crippen molar-refractivity contribution in [2.45, 2.75) is 51.5 Å². The summed E-state index contributed by atoms with van der Waals surface area (Å²) in [4.78, 5) is 29.7. The Balaban J connectivity index is 1.15. The highest BCUT2D eigenvalue weighted by molar-refractivity contribution is 6.43. The molecule has 3 N–H and O–H groups in total. The molecule has 49 heavy (non-hydrogen) atoms. The Morgan fingerprint density at radius 1 is 0.878 bits per heavy atom. The van der Waals surface area contributed by atoms with Crippen LogP contribution in [0.4, 0.5) is 17.1 Å². The molecule has 1 aliphatic carbocycles. The summed E-state index contributed by atoms with van der Waals surface area (Å²) in [5, 5.41) is 24.3. The first-order chi connectivity index (χ1) is 23.9. The molecule has 0 unspecified atom stereocenters. The van der Waals surface area contributed by atoms with E-state index >= 15 is 0 Å². The number of carbonyl (C=O) groups is 2. The molecule has 4 atom stereocenters. The van der Waals surface area contributed by atoms with Crippen molar-refractivity contribution in [1.29, 1.82) is 0 Å². The molecule has 248 valence electrons. The highest BCUT2D eigenvalue weighted by atomic mass is 16.5. The van der Waals surface area contributed by atoms with Crippen LogP contribution >= 0.6 is 0 Å². The first-order valence-electron chi connectivity index (χ1n) is 17.3. The molecule has 0 spiro atoms. The second kappa shape index (κ2) is 14.3. The van der Waals surface area contributed by atoms with E-state index in [4.69, 9.17) is 4.65 Å². The van der Waals surface area contributed by atoms with Gasteiger partial charge in [-0.05, 0) is 109 Å². The van der Waals surface area contributed by atoms with Gasteiger partial charge < -0.3 is 20.1 Å². The summed E-state index contributed by atoms with van der Waals surface area (Å²) in [5.74, 6) is -1.39. The fourth-order valence-corrected chi connectivity index (χ4v) is 7.95. The van der Waals surface area contributed by atoms with Crippen LogP contribution in [0.3, 0.4) is 0 Å². The van der Waals surface area contributed by atoms with Crippen LogP contribution in [0.5, 0.6) is 5.75 Å². The lowest BCUT2D eigenvalue weighted by molar-refractivity contribution is -0.122. The standard InChI is InChI=1S/C41H41BN2O5/c1-2-9-30-25-35-39(41(47)44(40(35)46)33-19-17-32(18-20-33)43-31-12-7-4-8-13-31)36-26-42(48)49-37(38(30)36)23-16-29(28-10-5-3-6-11-28)24-27-14-21-34(45)22-15-27/h3-8,10-15,17-22,24,35-37,39,43,45,48H,2,9,16,23,25-26H2,1H3/b29-24-/t35-,36+,37-,39-/m1/s1. The van der Waals surface area contributed by atoms with Crippen molar-refractivity contribution in [3.63, 3.8) is 0 Å². The van der Waals surface area contributed by atoms with Crippen LogP contribution in [0.15, 0.2) is 120 Å². The van der Waals surface area contributed by atoms with Crippen molar-refractivity contribution in [1.82, 2.24) is 0 Å². The van der Waals surface area contributed by atoms with Crippen LogP contribution in [0.1, 0.15) is 50.2 Å². The number of para-hydroxylation sites is 1. The van der Waals surface area contributed by atoms with Gasteiger partial charge in [0.05, 0.1) is 23.6 Å². The molecule has 4 aromatic rings. The van der Waals surface area contributed by atoms with Crippen molar-refractivity contribution in [3.8, 4) is 5.75 Å². The number of rotatable bonds is 10. The molecule has 2 amide bonds. The molecule has 0 bridgehead atoms. The largest absolute Gasteiger partial charge is 0.508 e. The van der Waals surface area contributed by atoms with Crippen LogP contribution < -0.4 is 10.2 Å². The Bertz CT molecular complexity index is 1860. The van der Waals surface area contributed by atoms with E-state index in [1.807, 2.05) is 84.9 Å². The van der Waals surface area contributed by atoms with Crippen LogP contribution in [0, 0.1) is 17.8 Å². The van der Waals surface area contributed by atoms with Crippen molar-refractivity contribution < 1.29 is 24.4 Å². The second-order valence-corrected chi connectivity index (χ2v) is 13.3. The van der Waals surface area contributed by atoms with E-state index in [1.165, 1.54) is 10.5 Å². The average Bonchev–Trinajstić information content (AvgIpc) is 3.37. The van der Waals surface area contributed by atoms with E-state index in [1.54, 1.807) is 12.1 Å². The van der Waals surface area contributed by atoms with Crippen LogP contribution in [0.25, 0.3) is 11.6 Å². The summed E-state index contributed by atoms with van der Waals surface area (Å²) in [6.45, 7) is 2.13. The second-order valence-electron chi connectivity index (χ2n) is 13.3. The molecular weight excluding hydrogens is 611 g/mol. The maximum atomic E-state index is 14.3. The highest BCUT2D eigenvalue weighted by Gasteiger charge is 2.57. The summed E-state index contributed by atoms with van der Waals surface area (Å²) in [6.07, 6.45) is 5.61. The predicted octanol–water partition coefficient (Wildman–Crippen LogP) is 8.26. The number of hydrogen-bond donors (Lipinski definition) is 3. The van der Waals surface area contributed by atoms with Gasteiger partial charge in [-0.3, -0.25) is 14.5 Å². The topological polar surface area (TPSA) is 99.1 Å². The zero-order chi connectivity index (χ0) is 33.9. The average molecular weight is 653 g/mol. The number of nitrogens with one attached hydrogen (secondary N) is 1. The maximum Gasteiger partial charge on any atom is 0.455 e. The number of anilines is 3. The summed E-state index contributed by atoms with van der Waals surface area (Å²) in [5.41, 5.74) is 7.87. The first kappa shape index (κ1) is 32.6.